The van der Waals surface area contributed by atoms with E-state index in [9.17, 15) is 9.59 Å². The minimum Gasteiger partial charge on any atom is -0.459 e. The molecule has 0 saturated heterocycles. The van der Waals surface area contributed by atoms with Crippen molar-refractivity contribution in [3.05, 3.63) is 24.2 Å². The van der Waals surface area contributed by atoms with Crippen LogP contribution in [0.15, 0.2) is 22.8 Å². The standard InChI is InChI=1S/C16H27N3O3.ClH/c1-4-5-7-12(10-17)18-16(21)14(11(2)3)19-15(20)13-8-6-9-22-13;/h6,8-9,11-12,14H,4-5,7,10,17H2,1-3H3,(H,18,21)(H,19,20);1H. The molecular weight excluding hydrogens is 318 g/mol. The summed E-state index contributed by atoms with van der Waals surface area (Å²) in [6.45, 7) is 6.25. The van der Waals surface area contributed by atoms with Crippen LogP contribution in [0, 0.1) is 5.92 Å². The lowest BCUT2D eigenvalue weighted by molar-refractivity contribution is -0.124. The first kappa shape index (κ1) is 21.5. The number of nitrogens with one attached hydrogen (secondary N) is 2. The number of hydrogen-bond donors (Lipinski definition) is 3. The van der Waals surface area contributed by atoms with E-state index >= 15 is 0 Å². The molecule has 7 heteroatoms. The molecule has 1 heterocycles. The van der Waals surface area contributed by atoms with Crippen molar-refractivity contribution in [1.29, 1.82) is 0 Å². The van der Waals surface area contributed by atoms with E-state index in [2.05, 4.69) is 17.6 Å². The largest absolute Gasteiger partial charge is 0.459 e. The first-order valence-electron chi connectivity index (χ1n) is 7.84. The highest BCUT2D eigenvalue weighted by Gasteiger charge is 2.26. The number of halogens is 1. The lowest BCUT2D eigenvalue weighted by Gasteiger charge is -2.24. The van der Waals surface area contributed by atoms with Crippen LogP contribution in [0.4, 0.5) is 0 Å². The molecule has 1 aromatic heterocycles. The van der Waals surface area contributed by atoms with Gasteiger partial charge in [0, 0.05) is 12.6 Å². The van der Waals surface area contributed by atoms with Gasteiger partial charge in [-0.15, -0.1) is 12.4 Å². The molecule has 0 bridgehead atoms. The maximum atomic E-state index is 12.4. The fraction of sp³-hybridized carbons (Fsp3) is 0.625. The summed E-state index contributed by atoms with van der Waals surface area (Å²) in [5.41, 5.74) is 5.70. The highest BCUT2D eigenvalue weighted by molar-refractivity contribution is 5.95. The molecule has 0 aliphatic rings. The second kappa shape index (κ2) is 11.1. The summed E-state index contributed by atoms with van der Waals surface area (Å²) in [6.07, 6.45) is 4.33. The lowest BCUT2D eigenvalue weighted by Crippen LogP contribution is -2.53. The van der Waals surface area contributed by atoms with Gasteiger partial charge in [0.25, 0.3) is 5.91 Å². The Bertz CT molecular complexity index is 463. The Hall–Kier alpha value is -1.53. The van der Waals surface area contributed by atoms with Crippen LogP contribution in [0.3, 0.4) is 0 Å². The molecule has 0 fully saturated rings. The Labute approximate surface area is 144 Å². The van der Waals surface area contributed by atoms with Crippen LogP contribution in [-0.4, -0.2) is 30.4 Å². The van der Waals surface area contributed by atoms with Gasteiger partial charge in [-0.2, -0.15) is 0 Å². The van der Waals surface area contributed by atoms with Gasteiger partial charge in [0.2, 0.25) is 5.91 Å². The number of amides is 2. The van der Waals surface area contributed by atoms with E-state index in [-0.39, 0.29) is 36.0 Å². The zero-order valence-electron chi connectivity index (χ0n) is 14.0. The summed E-state index contributed by atoms with van der Waals surface area (Å²) in [4.78, 5) is 24.5. The third-order valence-corrected chi connectivity index (χ3v) is 3.52. The number of hydrogen-bond acceptors (Lipinski definition) is 4. The molecule has 1 rings (SSSR count). The van der Waals surface area contributed by atoms with Crippen molar-refractivity contribution in [2.45, 2.75) is 52.1 Å². The molecule has 6 nitrogen and oxygen atoms in total. The van der Waals surface area contributed by atoms with Crippen molar-refractivity contribution in [3.8, 4) is 0 Å². The van der Waals surface area contributed by atoms with E-state index in [1.165, 1.54) is 6.26 Å². The molecule has 0 saturated carbocycles. The molecule has 132 valence electrons. The quantitative estimate of drug-likeness (QED) is 0.638. The van der Waals surface area contributed by atoms with Gasteiger partial charge in [-0.05, 0) is 24.5 Å². The minimum atomic E-state index is -0.617. The van der Waals surface area contributed by atoms with Gasteiger partial charge in [-0.1, -0.05) is 33.6 Å². The fourth-order valence-electron chi connectivity index (χ4n) is 2.15. The smallest absolute Gasteiger partial charge is 0.287 e. The molecule has 1 aromatic rings. The van der Waals surface area contributed by atoms with E-state index < -0.39 is 11.9 Å². The van der Waals surface area contributed by atoms with Crippen LogP contribution in [0.1, 0.15) is 50.6 Å². The van der Waals surface area contributed by atoms with E-state index in [0.29, 0.717) is 6.54 Å². The van der Waals surface area contributed by atoms with Crippen LogP contribution >= 0.6 is 12.4 Å². The number of unbranched alkanes of at least 4 members (excludes halogenated alkanes) is 1. The maximum absolute atomic E-state index is 12.4. The zero-order chi connectivity index (χ0) is 16.5. The van der Waals surface area contributed by atoms with Gasteiger partial charge in [0.05, 0.1) is 6.26 Å². The van der Waals surface area contributed by atoms with Crippen LogP contribution < -0.4 is 16.4 Å². The first-order valence-corrected chi connectivity index (χ1v) is 7.84. The van der Waals surface area contributed by atoms with Crippen LogP contribution in [0.5, 0.6) is 0 Å². The topological polar surface area (TPSA) is 97.4 Å². The molecule has 0 spiro atoms. The van der Waals surface area contributed by atoms with Gasteiger partial charge in [-0.3, -0.25) is 9.59 Å². The molecule has 0 aromatic carbocycles. The van der Waals surface area contributed by atoms with Crippen molar-refractivity contribution in [2.24, 2.45) is 11.7 Å². The summed E-state index contributed by atoms with van der Waals surface area (Å²) in [6, 6.07) is 2.52. The summed E-state index contributed by atoms with van der Waals surface area (Å²) >= 11 is 0. The third-order valence-electron chi connectivity index (χ3n) is 3.52. The predicted octanol–water partition coefficient (Wildman–Crippen LogP) is 2.09. The monoisotopic (exact) mass is 345 g/mol. The van der Waals surface area contributed by atoms with E-state index in [4.69, 9.17) is 10.2 Å². The lowest BCUT2D eigenvalue weighted by atomic mass is 10.0. The molecule has 0 radical (unpaired) electrons. The normalized spacial score (nSPS) is 13.1. The average Bonchev–Trinajstić information content (AvgIpc) is 3.02. The molecule has 0 aliphatic heterocycles. The third kappa shape index (κ3) is 7.05. The summed E-state index contributed by atoms with van der Waals surface area (Å²) < 4.78 is 5.05. The summed E-state index contributed by atoms with van der Waals surface area (Å²) in [5, 5.41) is 5.64. The van der Waals surface area contributed by atoms with Crippen LogP contribution in [0.2, 0.25) is 0 Å². The maximum Gasteiger partial charge on any atom is 0.287 e. The Morgan fingerprint density at radius 2 is 2.00 bits per heavy atom. The predicted molar refractivity (Wildman–Crippen MR) is 92.6 cm³/mol. The van der Waals surface area contributed by atoms with E-state index in [0.717, 1.165) is 19.3 Å². The minimum absolute atomic E-state index is 0. The summed E-state index contributed by atoms with van der Waals surface area (Å²) in [5.74, 6) is -0.443. The Morgan fingerprint density at radius 1 is 1.30 bits per heavy atom. The Morgan fingerprint density at radius 3 is 2.48 bits per heavy atom. The van der Waals surface area contributed by atoms with Crippen molar-refractivity contribution in [1.82, 2.24) is 10.6 Å². The highest BCUT2D eigenvalue weighted by Crippen LogP contribution is 2.07. The molecule has 2 atom stereocenters. The molecule has 2 unspecified atom stereocenters. The number of rotatable bonds is 9. The molecule has 23 heavy (non-hydrogen) atoms. The molecular formula is C16H28ClN3O3. The second-order valence-electron chi connectivity index (χ2n) is 5.76. The SMILES string of the molecule is CCCCC(CN)NC(=O)C(NC(=O)c1ccco1)C(C)C.Cl. The summed E-state index contributed by atoms with van der Waals surface area (Å²) in [7, 11) is 0. The van der Waals surface area contributed by atoms with Crippen molar-refractivity contribution in [3.63, 3.8) is 0 Å². The fourth-order valence-corrected chi connectivity index (χ4v) is 2.15. The van der Waals surface area contributed by atoms with Crippen LogP contribution in [-0.2, 0) is 4.79 Å². The van der Waals surface area contributed by atoms with Crippen molar-refractivity contribution >= 4 is 24.2 Å². The number of nitrogens with two attached hydrogens (primary N) is 1. The van der Waals surface area contributed by atoms with Gasteiger partial charge in [0.1, 0.15) is 6.04 Å². The van der Waals surface area contributed by atoms with Crippen LogP contribution in [0.25, 0.3) is 0 Å². The van der Waals surface area contributed by atoms with Gasteiger partial charge >= 0.3 is 0 Å². The van der Waals surface area contributed by atoms with E-state index in [1.54, 1.807) is 12.1 Å². The van der Waals surface area contributed by atoms with Gasteiger partial charge < -0.3 is 20.8 Å². The van der Waals surface area contributed by atoms with Gasteiger partial charge in [-0.25, -0.2) is 0 Å². The molecule has 4 N–H and O–H groups in total. The second-order valence-corrected chi connectivity index (χ2v) is 5.76. The first-order chi connectivity index (χ1) is 10.5. The van der Waals surface area contributed by atoms with Gasteiger partial charge in [0.15, 0.2) is 5.76 Å². The zero-order valence-corrected chi connectivity index (χ0v) is 14.8. The Balaban J connectivity index is 0.00000484. The Kier molecular flexibility index (Phi) is 10.3. The highest BCUT2D eigenvalue weighted by atomic mass is 35.5. The number of furan rings is 1. The van der Waals surface area contributed by atoms with E-state index in [1.807, 2.05) is 13.8 Å². The number of carbonyl (C=O) groups excluding carboxylic acids is 2. The van der Waals surface area contributed by atoms with Crippen molar-refractivity contribution in [2.75, 3.05) is 6.54 Å². The molecule has 2 amide bonds. The molecule has 0 aliphatic carbocycles. The average molecular weight is 346 g/mol. The van der Waals surface area contributed by atoms with Crippen molar-refractivity contribution < 1.29 is 14.0 Å². The number of carbonyl (C=O) groups is 2.